The van der Waals surface area contributed by atoms with Gasteiger partial charge in [0, 0.05) is 31.9 Å². The predicted octanol–water partition coefficient (Wildman–Crippen LogP) is 2.37. The Bertz CT molecular complexity index is 632. The predicted molar refractivity (Wildman–Crippen MR) is 79.7 cm³/mol. The summed E-state index contributed by atoms with van der Waals surface area (Å²) in [6.45, 7) is 0. The first-order chi connectivity index (χ1) is 9.58. The molecule has 3 rings (SSSR count). The lowest BCUT2D eigenvalue weighted by molar-refractivity contribution is 0.307. The number of fused-ring (bicyclic) bond motifs is 2. The van der Waals surface area contributed by atoms with Gasteiger partial charge in [0.05, 0.1) is 18.5 Å². The second-order valence-electron chi connectivity index (χ2n) is 4.99. The Morgan fingerprint density at radius 2 is 2.15 bits per heavy atom. The number of nitrogens with one attached hydrogen (secondary N) is 2. The molecule has 1 aliphatic heterocycles. The van der Waals surface area contributed by atoms with Gasteiger partial charge in [-0.25, -0.2) is 0 Å². The number of nitrogens with zero attached hydrogens (tertiary/aromatic N) is 1. The highest BCUT2D eigenvalue weighted by Gasteiger charge is 2.28. The van der Waals surface area contributed by atoms with Crippen LogP contribution in [0.25, 0.3) is 0 Å². The van der Waals surface area contributed by atoms with Gasteiger partial charge in [-0.05, 0) is 18.2 Å². The van der Waals surface area contributed by atoms with E-state index in [9.17, 15) is 0 Å². The summed E-state index contributed by atoms with van der Waals surface area (Å²) in [4.78, 5) is 2.02. The second-order valence-corrected chi connectivity index (χ2v) is 4.99. The summed E-state index contributed by atoms with van der Waals surface area (Å²) < 4.78 is 11.1. The molecule has 1 unspecified atom stereocenters. The molecular weight excluding hydrogens is 254 g/mol. The van der Waals surface area contributed by atoms with Crippen LogP contribution in [-0.4, -0.2) is 33.0 Å². The molecule has 0 radical (unpaired) electrons. The number of hydrogen-bond donors (Lipinski definition) is 2. The number of hydrogen-bond acceptors (Lipinski definition) is 5. The molecule has 1 atom stereocenters. The molecule has 0 amide bonds. The maximum absolute atomic E-state index is 7.88. The lowest BCUT2D eigenvalue weighted by Crippen LogP contribution is -2.32. The minimum absolute atomic E-state index is 0.0863. The van der Waals surface area contributed by atoms with E-state index in [2.05, 4.69) is 5.32 Å². The highest BCUT2D eigenvalue weighted by atomic mass is 16.5. The molecule has 0 saturated heterocycles. The van der Waals surface area contributed by atoms with Crippen molar-refractivity contribution in [2.45, 2.75) is 6.04 Å². The summed E-state index contributed by atoms with van der Waals surface area (Å²) >= 11 is 0. The Hall–Kier alpha value is -2.43. The van der Waals surface area contributed by atoms with Crippen LogP contribution in [-0.2, 0) is 4.74 Å². The quantitative estimate of drug-likeness (QED) is 0.867. The number of allylic oxidation sites excluding steroid dienone is 1. The van der Waals surface area contributed by atoms with Crippen LogP contribution in [0.3, 0.4) is 0 Å². The van der Waals surface area contributed by atoms with E-state index in [0.29, 0.717) is 11.5 Å². The average Bonchev–Trinajstić information content (AvgIpc) is 2.43. The zero-order chi connectivity index (χ0) is 14.3. The molecule has 2 aliphatic rings. The third-order valence-electron chi connectivity index (χ3n) is 3.42. The van der Waals surface area contributed by atoms with Crippen LogP contribution >= 0.6 is 0 Å². The van der Waals surface area contributed by atoms with Crippen LogP contribution in [0.4, 0.5) is 11.4 Å². The standard InChI is InChI=1S/C15H17N3O2/c1-18(2)9-4-5-11-14(6-9)20-15-7-10(16)13(19-3)8-12(15)17-11/h4-8,12,16-17H,1-3H3. The molecule has 0 fully saturated rings. The number of anilines is 2. The van der Waals surface area contributed by atoms with Gasteiger partial charge in [0.25, 0.3) is 0 Å². The van der Waals surface area contributed by atoms with Crippen LogP contribution in [0.1, 0.15) is 0 Å². The average molecular weight is 271 g/mol. The number of methoxy groups -OCH3 is 1. The van der Waals surface area contributed by atoms with Crippen LogP contribution in [0.5, 0.6) is 5.75 Å². The first kappa shape index (κ1) is 12.6. The van der Waals surface area contributed by atoms with Crippen molar-refractivity contribution in [3.05, 3.63) is 41.9 Å². The SMILES string of the molecule is COC1=CC2Nc3ccc(N(C)C)cc3OC2=CC1=N. The molecule has 1 heterocycles. The van der Waals surface area contributed by atoms with Gasteiger partial charge in [-0.3, -0.25) is 5.41 Å². The highest BCUT2D eigenvalue weighted by molar-refractivity contribution is 6.06. The molecule has 0 spiro atoms. The van der Waals surface area contributed by atoms with Crippen LogP contribution in [0.15, 0.2) is 41.9 Å². The molecule has 0 bridgehead atoms. The van der Waals surface area contributed by atoms with E-state index >= 15 is 0 Å². The van der Waals surface area contributed by atoms with E-state index < -0.39 is 0 Å². The summed E-state index contributed by atoms with van der Waals surface area (Å²) in [5.41, 5.74) is 2.34. The molecular formula is C15H17N3O2. The van der Waals surface area contributed by atoms with Crippen molar-refractivity contribution in [3.8, 4) is 5.75 Å². The maximum atomic E-state index is 7.88. The second kappa shape index (κ2) is 4.59. The van der Waals surface area contributed by atoms with Gasteiger partial charge in [-0.1, -0.05) is 0 Å². The Labute approximate surface area is 118 Å². The molecule has 2 N–H and O–H groups in total. The van der Waals surface area contributed by atoms with Crippen molar-refractivity contribution >= 4 is 17.1 Å². The zero-order valence-corrected chi connectivity index (χ0v) is 11.7. The van der Waals surface area contributed by atoms with Crippen molar-refractivity contribution in [3.63, 3.8) is 0 Å². The van der Waals surface area contributed by atoms with Crippen LogP contribution in [0, 0.1) is 5.41 Å². The van der Waals surface area contributed by atoms with Crippen molar-refractivity contribution < 1.29 is 9.47 Å². The van der Waals surface area contributed by atoms with E-state index in [4.69, 9.17) is 14.9 Å². The molecule has 5 nitrogen and oxygen atoms in total. The molecule has 104 valence electrons. The smallest absolute Gasteiger partial charge is 0.152 e. The van der Waals surface area contributed by atoms with Gasteiger partial charge >= 0.3 is 0 Å². The van der Waals surface area contributed by atoms with Gasteiger partial charge in [-0.2, -0.15) is 0 Å². The fourth-order valence-corrected chi connectivity index (χ4v) is 2.30. The van der Waals surface area contributed by atoms with Crippen molar-refractivity contribution in [2.24, 2.45) is 0 Å². The van der Waals surface area contributed by atoms with E-state index in [0.717, 1.165) is 22.9 Å². The van der Waals surface area contributed by atoms with Gasteiger partial charge in [0.15, 0.2) is 5.75 Å². The topological polar surface area (TPSA) is 57.6 Å². The fraction of sp³-hybridized carbons (Fsp3) is 0.267. The summed E-state index contributed by atoms with van der Waals surface area (Å²) in [6, 6.07) is 5.94. The third kappa shape index (κ3) is 2.01. The Balaban J connectivity index is 1.97. The van der Waals surface area contributed by atoms with E-state index in [1.54, 1.807) is 13.2 Å². The number of rotatable bonds is 2. The largest absolute Gasteiger partial charge is 0.495 e. The first-order valence-electron chi connectivity index (χ1n) is 6.40. The van der Waals surface area contributed by atoms with Gasteiger partial charge in [0.1, 0.15) is 17.6 Å². The molecule has 0 aromatic heterocycles. The van der Waals surface area contributed by atoms with Crippen LogP contribution in [0.2, 0.25) is 0 Å². The van der Waals surface area contributed by atoms with E-state index in [-0.39, 0.29) is 6.04 Å². The van der Waals surface area contributed by atoms with Crippen LogP contribution < -0.4 is 15.0 Å². The zero-order valence-electron chi connectivity index (χ0n) is 11.7. The maximum Gasteiger partial charge on any atom is 0.152 e. The van der Waals surface area contributed by atoms with Crippen molar-refractivity contribution in [1.29, 1.82) is 5.41 Å². The Morgan fingerprint density at radius 1 is 1.35 bits per heavy atom. The Kier molecular flexibility index (Phi) is 2.89. The van der Waals surface area contributed by atoms with Crippen molar-refractivity contribution in [1.82, 2.24) is 0 Å². The Morgan fingerprint density at radius 3 is 2.85 bits per heavy atom. The normalized spacial score (nSPS) is 19.8. The van der Waals surface area contributed by atoms with Crippen molar-refractivity contribution in [2.75, 3.05) is 31.4 Å². The molecule has 0 saturated carbocycles. The minimum Gasteiger partial charge on any atom is -0.495 e. The fourth-order valence-electron chi connectivity index (χ4n) is 2.30. The summed E-state index contributed by atoms with van der Waals surface area (Å²) in [5, 5.41) is 11.3. The summed E-state index contributed by atoms with van der Waals surface area (Å²) in [6.07, 6.45) is 3.56. The molecule has 1 aromatic carbocycles. The third-order valence-corrected chi connectivity index (χ3v) is 3.42. The van der Waals surface area contributed by atoms with E-state index in [1.807, 2.05) is 43.3 Å². The summed E-state index contributed by atoms with van der Waals surface area (Å²) in [5.74, 6) is 2.06. The van der Waals surface area contributed by atoms with Gasteiger partial charge < -0.3 is 19.7 Å². The molecule has 1 aromatic rings. The minimum atomic E-state index is -0.0863. The highest BCUT2D eigenvalue weighted by Crippen LogP contribution is 2.37. The number of benzene rings is 1. The first-order valence-corrected chi connectivity index (χ1v) is 6.40. The van der Waals surface area contributed by atoms with Gasteiger partial charge in [0.2, 0.25) is 0 Å². The molecule has 20 heavy (non-hydrogen) atoms. The summed E-state index contributed by atoms with van der Waals surface area (Å²) in [7, 11) is 5.55. The molecule has 1 aliphatic carbocycles. The monoisotopic (exact) mass is 271 g/mol. The lowest BCUT2D eigenvalue weighted by atomic mass is 10.0. The lowest BCUT2D eigenvalue weighted by Gasteiger charge is -2.31. The number of ether oxygens (including phenoxy) is 2. The molecule has 5 heteroatoms. The van der Waals surface area contributed by atoms with Gasteiger partial charge in [-0.15, -0.1) is 0 Å². The van der Waals surface area contributed by atoms with E-state index in [1.165, 1.54) is 0 Å².